The standard InChI is InChI=1S/C46H57N13O9.C7H10N2O/c1-8-59-33(21-27(4)54-59)43(65)53-46-52-30-22-28(41(47)63)24-34(67-7)39(30)58(46)17-10-9-16-57-40-31(51-45(57)49-5)23-29(42(48)64)25-35(40)68-19-11-15-55(6)44(66)32(20-26(2)3)50-36(60)14-18-56-37(61)12-13-38(56)62;1-3-9-7(5-10)4-6(2)8-9/h9-10,12-13,21-26,32H,8,11,14-20H2,1-7H3,(H2,47,63)(H2,48,64)(H,49,51)(H,50,60)(H,52,53,65);4-5H,3H2,1-2H3/b10-9+;. The number of carbonyl (C=O) groups is 8. The highest BCUT2D eigenvalue weighted by Crippen LogP contribution is 2.33. The summed E-state index contributed by atoms with van der Waals surface area (Å²) in [6, 6.07) is 8.78. The molecule has 414 valence electrons. The summed E-state index contributed by atoms with van der Waals surface area (Å²) in [6.07, 6.45) is 7.45. The van der Waals surface area contributed by atoms with Crippen molar-refractivity contribution in [3.8, 4) is 11.5 Å². The minimum atomic E-state index is -0.832. The van der Waals surface area contributed by atoms with Gasteiger partial charge in [0.15, 0.2) is 6.29 Å². The molecule has 0 saturated heterocycles. The van der Waals surface area contributed by atoms with E-state index in [-0.39, 0.29) is 68.1 Å². The summed E-state index contributed by atoms with van der Waals surface area (Å²) in [5.41, 5.74) is 16.1. The lowest BCUT2D eigenvalue weighted by Crippen LogP contribution is -2.49. The number of rotatable bonds is 25. The number of methoxy groups -OCH3 is 1. The largest absolute Gasteiger partial charge is 0.494 e. The van der Waals surface area contributed by atoms with E-state index in [1.54, 1.807) is 59.2 Å². The first-order chi connectivity index (χ1) is 37.2. The van der Waals surface area contributed by atoms with E-state index in [4.69, 9.17) is 25.9 Å². The number of aromatic nitrogens is 8. The zero-order valence-electron chi connectivity index (χ0n) is 45.3. The molecule has 7 rings (SSSR count). The van der Waals surface area contributed by atoms with Gasteiger partial charge in [-0.05, 0) is 82.9 Å². The molecule has 0 aliphatic carbocycles. The third-order valence-electron chi connectivity index (χ3n) is 12.5. The van der Waals surface area contributed by atoms with E-state index in [1.807, 2.05) is 51.3 Å². The molecule has 78 heavy (non-hydrogen) atoms. The zero-order valence-corrected chi connectivity index (χ0v) is 45.3. The maximum atomic E-state index is 13.6. The molecule has 1 unspecified atom stereocenters. The van der Waals surface area contributed by atoms with Crippen LogP contribution in [0.1, 0.15) is 100 Å². The van der Waals surface area contributed by atoms with Gasteiger partial charge in [0.2, 0.25) is 35.5 Å². The molecular weight excluding hydrogens is 1010 g/mol. The predicted octanol–water partition coefficient (Wildman–Crippen LogP) is 3.76. The van der Waals surface area contributed by atoms with Crippen molar-refractivity contribution in [3.05, 3.63) is 94.6 Å². The number of imidazole rings is 2. The van der Waals surface area contributed by atoms with Gasteiger partial charge in [-0.15, -0.1) is 0 Å². The smallest absolute Gasteiger partial charge is 0.276 e. The molecule has 1 aliphatic rings. The summed E-state index contributed by atoms with van der Waals surface area (Å²) < 4.78 is 18.8. The number of hydrogen-bond acceptors (Lipinski definition) is 15. The molecule has 25 nitrogen and oxygen atoms in total. The molecule has 25 heteroatoms. The van der Waals surface area contributed by atoms with Crippen LogP contribution in [0.4, 0.5) is 11.9 Å². The summed E-state index contributed by atoms with van der Waals surface area (Å²) in [7, 11) is 4.79. The molecule has 0 bridgehead atoms. The molecule has 6 aromatic rings. The van der Waals surface area contributed by atoms with Gasteiger partial charge in [0.05, 0.1) is 36.1 Å². The lowest BCUT2D eigenvalue weighted by atomic mass is 10.0. The highest BCUT2D eigenvalue weighted by atomic mass is 16.5. The third-order valence-corrected chi connectivity index (χ3v) is 12.5. The van der Waals surface area contributed by atoms with Gasteiger partial charge in [-0.25, -0.2) is 9.97 Å². The van der Waals surface area contributed by atoms with Crippen LogP contribution >= 0.6 is 0 Å². The lowest BCUT2D eigenvalue weighted by Gasteiger charge is -2.26. The van der Waals surface area contributed by atoms with Crippen LogP contribution in [0.2, 0.25) is 0 Å². The van der Waals surface area contributed by atoms with E-state index in [9.17, 15) is 38.4 Å². The Balaban J connectivity index is 0.000000883. The molecule has 0 radical (unpaired) electrons. The number of fused-ring (bicyclic) bond motifs is 2. The molecule has 7 amide bonds. The minimum Gasteiger partial charge on any atom is -0.494 e. The predicted molar refractivity (Wildman–Crippen MR) is 290 cm³/mol. The molecule has 1 atom stereocenters. The van der Waals surface area contributed by atoms with Gasteiger partial charge in [-0.2, -0.15) is 10.2 Å². The summed E-state index contributed by atoms with van der Waals surface area (Å²) in [5.74, 6) is -2.19. The van der Waals surface area contributed by atoms with Crippen LogP contribution in [-0.4, -0.2) is 143 Å². The highest BCUT2D eigenvalue weighted by molar-refractivity contribution is 6.13. The molecule has 0 saturated carbocycles. The number of nitrogens with two attached hydrogens (primary N) is 2. The highest BCUT2D eigenvalue weighted by Gasteiger charge is 2.28. The van der Waals surface area contributed by atoms with Crippen LogP contribution in [0, 0.1) is 19.8 Å². The van der Waals surface area contributed by atoms with E-state index in [1.165, 1.54) is 24.1 Å². The van der Waals surface area contributed by atoms with Crippen molar-refractivity contribution >= 4 is 81.6 Å². The Morgan fingerprint density at radius 3 is 1.91 bits per heavy atom. The van der Waals surface area contributed by atoms with E-state index in [0.717, 1.165) is 35.6 Å². The van der Waals surface area contributed by atoms with Crippen molar-refractivity contribution in [1.29, 1.82) is 0 Å². The average Bonchev–Trinajstić information content (AvgIpc) is 4.29. The number of aryl methyl sites for hydroxylation is 4. The van der Waals surface area contributed by atoms with Gasteiger partial charge in [0, 0.05) is 83.1 Å². The van der Waals surface area contributed by atoms with Crippen molar-refractivity contribution in [2.75, 3.05) is 51.5 Å². The van der Waals surface area contributed by atoms with Crippen LogP contribution in [0.25, 0.3) is 22.1 Å². The quantitative estimate of drug-likeness (QED) is 0.0236. The number of ether oxygens (including phenoxy) is 2. The number of imide groups is 1. The second kappa shape index (κ2) is 26.1. The SMILES string of the molecule is CCn1nc(C)cc1C(=O)Nc1nc2cc(C(N)=O)cc(OC)c2n1C/C=C/Cn1c(NC)nc2cc(C(N)=O)cc(OCCCN(C)C(=O)C(CC(C)C)NC(=O)CCN3C(=O)C=CC3=O)c21.CCn1nc(C)cc1C=O. The van der Waals surface area contributed by atoms with Crippen molar-refractivity contribution in [2.24, 2.45) is 17.4 Å². The van der Waals surface area contributed by atoms with Crippen molar-refractivity contribution < 1.29 is 47.8 Å². The Morgan fingerprint density at radius 2 is 1.36 bits per heavy atom. The number of amides is 7. The minimum absolute atomic E-state index is 0.0681. The average molecular weight is 1070 g/mol. The first-order valence-electron chi connectivity index (χ1n) is 25.3. The Morgan fingerprint density at radius 1 is 0.795 bits per heavy atom. The van der Waals surface area contributed by atoms with Crippen LogP contribution in [0.5, 0.6) is 11.5 Å². The number of aldehydes is 1. The fourth-order valence-electron chi connectivity index (χ4n) is 8.74. The van der Waals surface area contributed by atoms with Gasteiger partial charge in [-0.1, -0.05) is 26.0 Å². The molecular formula is C53H67N15O10. The van der Waals surface area contributed by atoms with Crippen molar-refractivity contribution in [1.82, 2.24) is 53.8 Å². The van der Waals surface area contributed by atoms with Crippen LogP contribution in [-0.2, 0) is 45.4 Å². The maximum absolute atomic E-state index is 13.6. The van der Waals surface area contributed by atoms with Gasteiger partial charge >= 0.3 is 0 Å². The number of primary amides is 2. The van der Waals surface area contributed by atoms with E-state index in [2.05, 4.69) is 31.1 Å². The molecule has 5 heterocycles. The molecule has 0 fully saturated rings. The summed E-state index contributed by atoms with van der Waals surface area (Å²) in [5, 5.41) is 17.3. The number of anilines is 2. The number of allylic oxidation sites excluding steroid dienone is 2. The van der Waals surface area contributed by atoms with E-state index >= 15 is 0 Å². The first-order valence-corrected chi connectivity index (χ1v) is 25.3. The molecule has 1 aliphatic heterocycles. The molecule has 0 spiro atoms. The summed E-state index contributed by atoms with van der Waals surface area (Å²) in [6.45, 7) is 13.3. The van der Waals surface area contributed by atoms with E-state index in [0.29, 0.717) is 76.0 Å². The topological polar surface area (TPSA) is 321 Å². The number of likely N-dealkylation sites (N-methyl/N-ethyl adjacent to an activating group) is 1. The van der Waals surface area contributed by atoms with Crippen molar-refractivity contribution in [2.45, 2.75) is 93.0 Å². The van der Waals surface area contributed by atoms with Gasteiger partial charge in [0.25, 0.3) is 17.7 Å². The second-order valence-electron chi connectivity index (χ2n) is 18.6. The van der Waals surface area contributed by atoms with Gasteiger partial charge in [-0.3, -0.25) is 57.9 Å². The number of carbonyl (C=O) groups excluding carboxylic acids is 8. The number of hydrogen-bond donors (Lipinski definition) is 5. The normalized spacial score (nSPS) is 12.6. The Bertz CT molecular complexity index is 3290. The molecule has 4 aromatic heterocycles. The third kappa shape index (κ3) is 13.8. The van der Waals surface area contributed by atoms with Gasteiger partial charge in [0.1, 0.15) is 40.0 Å². The lowest BCUT2D eigenvalue weighted by molar-refractivity contribution is -0.138. The first kappa shape index (κ1) is 58.1. The number of nitrogens with zero attached hydrogens (tertiary/aromatic N) is 10. The molecule has 2 aromatic carbocycles. The Hall–Kier alpha value is -9.16. The number of nitrogens with one attached hydrogen (secondary N) is 3. The molecule has 7 N–H and O–H groups in total. The fourth-order valence-corrected chi connectivity index (χ4v) is 8.74. The van der Waals surface area contributed by atoms with Crippen LogP contribution in [0.15, 0.2) is 60.7 Å². The van der Waals surface area contributed by atoms with Crippen LogP contribution in [0.3, 0.4) is 0 Å². The number of benzene rings is 2. The van der Waals surface area contributed by atoms with Crippen LogP contribution < -0.4 is 36.9 Å². The zero-order chi connectivity index (χ0) is 57.0. The van der Waals surface area contributed by atoms with Crippen molar-refractivity contribution in [3.63, 3.8) is 0 Å². The Kier molecular flexibility index (Phi) is 19.4. The van der Waals surface area contributed by atoms with E-state index < -0.39 is 41.5 Å². The monoisotopic (exact) mass is 1070 g/mol. The summed E-state index contributed by atoms with van der Waals surface area (Å²) in [4.78, 5) is 111. The Labute approximate surface area is 449 Å². The fraction of sp³-hybridized carbons (Fsp3) is 0.396. The maximum Gasteiger partial charge on any atom is 0.276 e. The second-order valence-corrected chi connectivity index (χ2v) is 18.6. The summed E-state index contributed by atoms with van der Waals surface area (Å²) >= 11 is 0. The van der Waals surface area contributed by atoms with Gasteiger partial charge < -0.3 is 45.6 Å².